The number of nitrogens with one attached hydrogen (secondary N) is 1. The molecule has 148 valence electrons. The third kappa shape index (κ3) is 4.47. The van der Waals surface area contributed by atoms with E-state index in [-0.39, 0.29) is 5.69 Å². The molecule has 28 heavy (non-hydrogen) atoms. The van der Waals surface area contributed by atoms with Gasteiger partial charge in [-0.3, -0.25) is 4.79 Å². The molecular formula is C21H22F2N2O3. The molecule has 1 fully saturated rings. The van der Waals surface area contributed by atoms with Crippen molar-refractivity contribution in [1.29, 1.82) is 0 Å². The number of carbonyl (C=O) groups excluding carboxylic acids is 2. The van der Waals surface area contributed by atoms with E-state index in [1.807, 2.05) is 19.9 Å². The van der Waals surface area contributed by atoms with Crippen LogP contribution in [0.25, 0.3) is 6.08 Å². The summed E-state index contributed by atoms with van der Waals surface area (Å²) >= 11 is 0. The number of hydrogen-bond donors (Lipinski definition) is 1. The average Bonchev–Trinajstić information content (AvgIpc) is 3.42. The lowest BCUT2D eigenvalue weighted by atomic mass is 10.2. The first kappa shape index (κ1) is 19.8. The number of hydrogen-bond acceptors (Lipinski definition) is 3. The first-order valence-electron chi connectivity index (χ1n) is 9.09. The molecule has 2 aromatic rings. The molecule has 1 atom stereocenters. The standard InChI is InChI=1S/C21H22F2N2O3/c1-12-10-15(13(2)25(12)17-6-7-17)4-9-20(26)28-14(3)21(27)24-16-5-8-18(22)19(23)11-16/h4-5,8-11,14,17H,6-7H2,1-3H3,(H,24,27)/b9-4+/t14-/m1/s1. The molecule has 1 aliphatic rings. The quantitative estimate of drug-likeness (QED) is 0.593. The highest BCUT2D eigenvalue weighted by Gasteiger charge is 2.26. The number of halogens is 2. The molecule has 0 unspecified atom stereocenters. The number of anilines is 1. The first-order valence-corrected chi connectivity index (χ1v) is 9.09. The maximum atomic E-state index is 13.2. The molecular weight excluding hydrogens is 366 g/mol. The highest BCUT2D eigenvalue weighted by Crippen LogP contribution is 2.38. The van der Waals surface area contributed by atoms with Gasteiger partial charge in [-0.25, -0.2) is 13.6 Å². The van der Waals surface area contributed by atoms with Gasteiger partial charge in [0.1, 0.15) is 0 Å². The Morgan fingerprint density at radius 3 is 2.57 bits per heavy atom. The fourth-order valence-electron chi connectivity index (χ4n) is 3.11. The molecule has 7 heteroatoms. The molecule has 1 heterocycles. The van der Waals surface area contributed by atoms with Gasteiger partial charge in [0.2, 0.25) is 0 Å². The first-order chi connectivity index (χ1) is 13.3. The molecule has 0 radical (unpaired) electrons. The zero-order chi connectivity index (χ0) is 20.4. The maximum absolute atomic E-state index is 13.2. The van der Waals surface area contributed by atoms with Crippen molar-refractivity contribution in [2.24, 2.45) is 0 Å². The van der Waals surface area contributed by atoms with Gasteiger partial charge in [0.05, 0.1) is 0 Å². The van der Waals surface area contributed by atoms with E-state index in [2.05, 4.69) is 9.88 Å². The van der Waals surface area contributed by atoms with Crippen molar-refractivity contribution >= 4 is 23.6 Å². The molecule has 1 amide bonds. The minimum absolute atomic E-state index is 0.0786. The number of carbonyl (C=O) groups is 2. The summed E-state index contributed by atoms with van der Waals surface area (Å²) in [6.45, 7) is 5.44. The molecule has 1 aromatic carbocycles. The topological polar surface area (TPSA) is 60.3 Å². The van der Waals surface area contributed by atoms with Crippen LogP contribution in [0.3, 0.4) is 0 Å². The summed E-state index contributed by atoms with van der Waals surface area (Å²) in [5.74, 6) is -3.39. The van der Waals surface area contributed by atoms with Gasteiger partial charge in [-0.15, -0.1) is 0 Å². The van der Waals surface area contributed by atoms with Crippen LogP contribution in [-0.4, -0.2) is 22.5 Å². The molecule has 1 aliphatic carbocycles. The monoisotopic (exact) mass is 388 g/mol. The third-order valence-corrected chi connectivity index (χ3v) is 4.68. The van der Waals surface area contributed by atoms with E-state index in [0.717, 1.165) is 29.1 Å². The predicted octanol–water partition coefficient (Wildman–Crippen LogP) is 4.30. The van der Waals surface area contributed by atoms with Crippen molar-refractivity contribution in [3.63, 3.8) is 0 Å². The minimum atomic E-state index is -1.09. The number of ether oxygens (including phenoxy) is 1. The summed E-state index contributed by atoms with van der Waals surface area (Å²) in [7, 11) is 0. The lowest BCUT2D eigenvalue weighted by Gasteiger charge is -2.12. The zero-order valence-corrected chi connectivity index (χ0v) is 16.0. The average molecular weight is 388 g/mol. The van der Waals surface area contributed by atoms with Gasteiger partial charge >= 0.3 is 5.97 Å². The predicted molar refractivity (Wildman–Crippen MR) is 102 cm³/mol. The van der Waals surface area contributed by atoms with Gasteiger partial charge in [0.15, 0.2) is 17.7 Å². The van der Waals surface area contributed by atoms with Crippen molar-refractivity contribution in [3.05, 3.63) is 58.9 Å². The fourth-order valence-corrected chi connectivity index (χ4v) is 3.11. The second kappa shape index (κ2) is 7.96. The van der Waals surface area contributed by atoms with Crippen molar-refractivity contribution in [3.8, 4) is 0 Å². The van der Waals surface area contributed by atoms with Crippen molar-refractivity contribution in [1.82, 2.24) is 4.57 Å². The number of rotatable bonds is 6. The van der Waals surface area contributed by atoms with Crippen LogP contribution in [0.15, 0.2) is 30.3 Å². The number of amides is 1. The molecule has 0 bridgehead atoms. The Balaban J connectivity index is 1.57. The zero-order valence-electron chi connectivity index (χ0n) is 16.0. The summed E-state index contributed by atoms with van der Waals surface area (Å²) in [4.78, 5) is 24.1. The van der Waals surface area contributed by atoms with Gasteiger partial charge in [0, 0.05) is 35.3 Å². The Morgan fingerprint density at radius 1 is 1.21 bits per heavy atom. The van der Waals surface area contributed by atoms with E-state index >= 15 is 0 Å². The fraction of sp³-hybridized carbons (Fsp3) is 0.333. The van der Waals surface area contributed by atoms with Crippen LogP contribution in [0.5, 0.6) is 0 Å². The van der Waals surface area contributed by atoms with Crippen LogP contribution in [0.1, 0.15) is 42.8 Å². The molecule has 0 spiro atoms. The van der Waals surface area contributed by atoms with Crippen molar-refractivity contribution in [2.75, 3.05) is 5.32 Å². The molecule has 0 aliphatic heterocycles. The second-order valence-corrected chi connectivity index (χ2v) is 6.96. The molecule has 1 N–H and O–H groups in total. The van der Waals surface area contributed by atoms with Crippen LogP contribution in [-0.2, 0) is 14.3 Å². The largest absolute Gasteiger partial charge is 0.449 e. The van der Waals surface area contributed by atoms with Gasteiger partial charge in [0.25, 0.3) is 5.91 Å². The Bertz CT molecular complexity index is 945. The SMILES string of the molecule is Cc1cc(/C=C/C(=O)O[C@H](C)C(=O)Nc2ccc(F)c(F)c2)c(C)n1C1CC1. The third-order valence-electron chi connectivity index (χ3n) is 4.68. The smallest absolute Gasteiger partial charge is 0.331 e. The highest BCUT2D eigenvalue weighted by atomic mass is 19.2. The normalized spacial score (nSPS) is 14.9. The number of aryl methyl sites for hydroxylation is 1. The number of aromatic nitrogens is 1. The van der Waals surface area contributed by atoms with Gasteiger partial charge in [-0.1, -0.05) is 0 Å². The van der Waals surface area contributed by atoms with Crippen LogP contribution in [0.2, 0.25) is 0 Å². The van der Waals surface area contributed by atoms with E-state index in [1.54, 1.807) is 6.08 Å². The number of esters is 1. The van der Waals surface area contributed by atoms with Crippen molar-refractivity contribution in [2.45, 2.75) is 45.8 Å². The number of benzene rings is 1. The summed E-state index contributed by atoms with van der Waals surface area (Å²) in [6, 6.07) is 5.55. The molecule has 1 saturated carbocycles. The highest BCUT2D eigenvalue weighted by molar-refractivity contribution is 5.96. The van der Waals surface area contributed by atoms with E-state index in [9.17, 15) is 18.4 Å². The summed E-state index contributed by atoms with van der Waals surface area (Å²) < 4.78 is 33.5. The van der Waals surface area contributed by atoms with Gasteiger partial charge < -0.3 is 14.6 Å². The Labute approximate surface area is 162 Å². The van der Waals surface area contributed by atoms with Gasteiger partial charge in [-0.05, 0) is 63.5 Å². The van der Waals surface area contributed by atoms with Crippen LogP contribution in [0, 0.1) is 25.5 Å². The molecule has 3 rings (SSSR count). The molecule has 1 aromatic heterocycles. The minimum Gasteiger partial charge on any atom is -0.449 e. The summed E-state index contributed by atoms with van der Waals surface area (Å²) in [6.07, 6.45) is 4.20. The van der Waals surface area contributed by atoms with Crippen LogP contribution >= 0.6 is 0 Å². The van der Waals surface area contributed by atoms with E-state index in [4.69, 9.17) is 4.74 Å². The van der Waals surface area contributed by atoms with E-state index in [0.29, 0.717) is 6.04 Å². The van der Waals surface area contributed by atoms with Crippen LogP contribution in [0.4, 0.5) is 14.5 Å². The van der Waals surface area contributed by atoms with Crippen LogP contribution < -0.4 is 5.32 Å². The Kier molecular flexibility index (Phi) is 5.63. The lowest BCUT2D eigenvalue weighted by Crippen LogP contribution is -2.29. The Hall–Kier alpha value is -2.96. The van der Waals surface area contributed by atoms with E-state index in [1.165, 1.54) is 31.9 Å². The summed E-state index contributed by atoms with van der Waals surface area (Å²) in [5.41, 5.74) is 3.25. The summed E-state index contributed by atoms with van der Waals surface area (Å²) in [5, 5.41) is 2.38. The Morgan fingerprint density at radius 2 is 1.93 bits per heavy atom. The van der Waals surface area contributed by atoms with E-state index < -0.39 is 29.6 Å². The second-order valence-electron chi connectivity index (χ2n) is 6.96. The van der Waals surface area contributed by atoms with Gasteiger partial charge in [-0.2, -0.15) is 0 Å². The maximum Gasteiger partial charge on any atom is 0.331 e. The molecule has 0 saturated heterocycles. The number of nitrogens with zero attached hydrogens (tertiary/aromatic N) is 1. The lowest BCUT2D eigenvalue weighted by molar-refractivity contribution is -0.148. The molecule has 5 nitrogen and oxygen atoms in total. The van der Waals surface area contributed by atoms with Crippen molar-refractivity contribution < 1.29 is 23.1 Å².